The van der Waals surface area contributed by atoms with Gasteiger partial charge in [0.1, 0.15) is 0 Å². The van der Waals surface area contributed by atoms with Gasteiger partial charge in [-0.1, -0.05) is 0 Å². The minimum absolute atomic E-state index is 0. The molecule has 0 aromatic rings. The number of hydrogen-bond donors (Lipinski definition) is 0. The molecule has 0 rings (SSSR count). The predicted octanol–water partition coefficient (Wildman–Crippen LogP) is -1.02. The van der Waals surface area contributed by atoms with Crippen LogP contribution in [0.2, 0.25) is 0 Å². The zero-order valence-electron chi connectivity index (χ0n) is 11.3. The molecule has 0 atom stereocenters. The van der Waals surface area contributed by atoms with Crippen LogP contribution >= 0.6 is 12.4 Å². The average Bonchev–Trinajstić information content (AvgIpc) is 2.08. The van der Waals surface area contributed by atoms with Crippen LogP contribution in [0, 0.1) is 91.9 Å². The fraction of sp³-hybridized carbons (Fsp3) is 0. The maximum atomic E-state index is 8.25. The Morgan fingerprint density at radius 1 is 0.296 bits per heavy atom. The summed E-state index contributed by atoms with van der Waals surface area (Å²) in [5.41, 5.74) is 0. The third kappa shape index (κ3) is 803. The first-order valence-electron chi connectivity index (χ1n) is 3.29. The molecule has 2 radical (unpaired) electrons. The molecule has 27 heteroatoms. The topological polar surface area (TPSA) is 397 Å². The van der Waals surface area contributed by atoms with E-state index in [-0.39, 0.29) is 47.1 Å². The zero-order valence-corrected chi connectivity index (χ0v) is 14.6. The Morgan fingerprint density at radius 3 is 0.296 bits per heavy atom. The second-order valence-corrected chi connectivity index (χ2v) is 1.34. The summed E-state index contributed by atoms with van der Waals surface area (Å²) in [6.45, 7) is 0. The SMILES string of the molecule is Cl.O=[N+]([O-])[O-].O=[N+]([O-])[O-].O=[N+]([O-])[O-].O=[N+]([O-])[O-].O=[N+]([O-])[O-].O=[N+]([O-])[O-].[Cr+3].[Cr+3]. The molecule has 0 aromatic heterocycles. The van der Waals surface area contributed by atoms with E-state index in [9.17, 15) is 0 Å². The molecule has 0 aliphatic rings. The van der Waals surface area contributed by atoms with E-state index in [1.165, 1.54) is 0 Å². The first kappa shape index (κ1) is 56.6. The van der Waals surface area contributed by atoms with Crippen LogP contribution in [0.25, 0.3) is 0 Å². The number of nitrogens with zero attached hydrogens (tertiary/aromatic N) is 6. The molecular weight excluding hydrogens is 511 g/mol. The summed E-state index contributed by atoms with van der Waals surface area (Å²) in [6, 6.07) is 0. The smallest absolute Gasteiger partial charge is 0.356 e. The first-order chi connectivity index (χ1) is 10.4. The molecule has 0 saturated carbocycles. The molecule has 0 amide bonds. The van der Waals surface area contributed by atoms with E-state index in [4.69, 9.17) is 91.9 Å². The fourth-order valence-electron chi connectivity index (χ4n) is 0. The first-order valence-corrected chi connectivity index (χ1v) is 3.29. The van der Waals surface area contributed by atoms with E-state index in [0.717, 1.165) is 0 Å². The Labute approximate surface area is 170 Å². The monoisotopic (exact) mass is 512 g/mol. The van der Waals surface area contributed by atoms with Gasteiger partial charge in [0.2, 0.25) is 0 Å². The molecular formula is HClCr2N6O18. The van der Waals surface area contributed by atoms with Crippen LogP contribution in [-0.4, -0.2) is 30.5 Å². The summed E-state index contributed by atoms with van der Waals surface area (Å²) in [4.78, 5) is 49.5. The molecule has 0 unspecified atom stereocenters. The van der Waals surface area contributed by atoms with E-state index < -0.39 is 30.5 Å². The Bertz CT molecular complexity index is 267. The summed E-state index contributed by atoms with van der Waals surface area (Å²) in [5, 5.41) is 88.5. The van der Waals surface area contributed by atoms with Gasteiger partial charge in [0.25, 0.3) is 0 Å². The Balaban J connectivity index is -0.0000000201. The molecule has 24 nitrogen and oxygen atoms in total. The van der Waals surface area contributed by atoms with Crippen molar-refractivity contribution in [3.63, 3.8) is 0 Å². The second kappa shape index (κ2) is 49.5. The predicted molar refractivity (Wildman–Crippen MR) is 69.4 cm³/mol. The Kier molecular flexibility index (Phi) is 104. The zero-order chi connectivity index (χ0) is 21.5. The number of hydrogen-bond acceptors (Lipinski definition) is 18. The minimum atomic E-state index is -1.75. The number of halogens is 1. The number of rotatable bonds is 0. The van der Waals surface area contributed by atoms with Crippen LogP contribution in [0.5, 0.6) is 0 Å². The van der Waals surface area contributed by atoms with Crippen LogP contribution in [0.15, 0.2) is 0 Å². The van der Waals surface area contributed by atoms with E-state index in [0.29, 0.717) is 0 Å². The normalized spacial score (nSPS) is 5.33. The van der Waals surface area contributed by atoms with Crippen molar-refractivity contribution in [3.05, 3.63) is 91.9 Å². The van der Waals surface area contributed by atoms with Gasteiger partial charge in [0.05, 0.1) is 30.5 Å². The largest absolute Gasteiger partial charge is 3.00 e. The molecule has 0 spiro atoms. The fourth-order valence-corrected chi connectivity index (χ4v) is 0. The second-order valence-electron chi connectivity index (χ2n) is 1.34. The summed E-state index contributed by atoms with van der Waals surface area (Å²) in [7, 11) is 0. The van der Waals surface area contributed by atoms with Crippen molar-refractivity contribution in [2.24, 2.45) is 0 Å². The molecule has 0 aromatic carbocycles. The molecule has 0 fully saturated rings. The van der Waals surface area contributed by atoms with Crippen molar-refractivity contribution in [2.75, 3.05) is 0 Å². The quantitative estimate of drug-likeness (QED) is 0.276. The molecule has 158 valence electrons. The molecule has 0 aliphatic carbocycles. The van der Waals surface area contributed by atoms with Gasteiger partial charge in [-0.25, -0.2) is 0 Å². The van der Waals surface area contributed by atoms with Crippen molar-refractivity contribution in [1.82, 2.24) is 0 Å². The van der Waals surface area contributed by atoms with Gasteiger partial charge in [0.15, 0.2) is 0 Å². The molecule has 0 N–H and O–H groups in total. The Morgan fingerprint density at radius 2 is 0.296 bits per heavy atom. The third-order valence-corrected chi connectivity index (χ3v) is 0. The van der Waals surface area contributed by atoms with Crippen molar-refractivity contribution >= 4 is 12.4 Å². The van der Waals surface area contributed by atoms with Crippen LogP contribution in [0.1, 0.15) is 0 Å². The van der Waals surface area contributed by atoms with E-state index in [2.05, 4.69) is 0 Å². The van der Waals surface area contributed by atoms with Gasteiger partial charge in [0, 0.05) is 0 Å². The van der Waals surface area contributed by atoms with Gasteiger partial charge in [-0.3, -0.25) is 0 Å². The van der Waals surface area contributed by atoms with Crippen molar-refractivity contribution in [1.29, 1.82) is 0 Å². The Hall–Kier alpha value is -3.45. The van der Waals surface area contributed by atoms with Gasteiger partial charge in [-0.15, -0.1) is 12.4 Å². The van der Waals surface area contributed by atoms with Crippen LogP contribution in [-0.2, 0) is 34.7 Å². The van der Waals surface area contributed by atoms with Crippen LogP contribution in [0.3, 0.4) is 0 Å². The standard InChI is InChI=1S/ClH.2Cr.6NO3/c;;;6*2-1(3)4/h1H;;;;;;;;/q;2*+3;6*-1. The van der Waals surface area contributed by atoms with Crippen molar-refractivity contribution in [3.8, 4) is 0 Å². The average molecular weight is 512 g/mol. The third-order valence-electron chi connectivity index (χ3n) is 0. The van der Waals surface area contributed by atoms with Gasteiger partial charge in [-0.2, -0.15) is 0 Å². The van der Waals surface area contributed by atoms with Gasteiger partial charge < -0.3 is 91.9 Å². The maximum Gasteiger partial charge on any atom is 3.00 e. The van der Waals surface area contributed by atoms with Crippen molar-refractivity contribution < 1.29 is 65.2 Å². The van der Waals surface area contributed by atoms with Gasteiger partial charge >= 0.3 is 34.7 Å². The minimum Gasteiger partial charge on any atom is -0.356 e. The van der Waals surface area contributed by atoms with E-state index in [1.807, 2.05) is 0 Å². The summed E-state index contributed by atoms with van der Waals surface area (Å²) >= 11 is 0. The van der Waals surface area contributed by atoms with Crippen molar-refractivity contribution in [2.45, 2.75) is 0 Å². The van der Waals surface area contributed by atoms with Crippen LogP contribution < -0.4 is 0 Å². The van der Waals surface area contributed by atoms with Crippen LogP contribution in [0.4, 0.5) is 0 Å². The summed E-state index contributed by atoms with van der Waals surface area (Å²) < 4.78 is 0. The summed E-state index contributed by atoms with van der Waals surface area (Å²) in [5.74, 6) is 0. The van der Waals surface area contributed by atoms with E-state index in [1.54, 1.807) is 0 Å². The summed E-state index contributed by atoms with van der Waals surface area (Å²) in [6.07, 6.45) is 0. The molecule has 27 heavy (non-hydrogen) atoms. The molecule has 0 aliphatic heterocycles. The van der Waals surface area contributed by atoms with Gasteiger partial charge in [-0.05, 0) is 0 Å². The molecule has 0 saturated heterocycles. The maximum absolute atomic E-state index is 8.25. The van der Waals surface area contributed by atoms with E-state index >= 15 is 0 Å². The molecule has 0 bridgehead atoms. The molecule has 0 heterocycles.